The first-order valence-electron chi connectivity index (χ1n) is 11.4. The number of aliphatic hydroxyl groups excluding tert-OH is 1. The van der Waals surface area contributed by atoms with E-state index >= 15 is 0 Å². The van der Waals surface area contributed by atoms with Crippen molar-refractivity contribution >= 4 is 22.5 Å². The van der Waals surface area contributed by atoms with E-state index in [1.54, 1.807) is 0 Å². The van der Waals surface area contributed by atoms with E-state index < -0.39 is 72.7 Å². The Morgan fingerprint density at radius 3 is 2.03 bits per heavy atom. The van der Waals surface area contributed by atoms with Gasteiger partial charge >= 0.3 is 12.0 Å². The minimum Gasteiger partial charge on any atom is -0.415 e. The Bertz CT molecular complexity index is 699. The van der Waals surface area contributed by atoms with Crippen LogP contribution in [0.2, 0.25) is 44.8 Å². The third-order valence-corrected chi connectivity index (χ3v) is 47.9. The smallest absolute Gasteiger partial charge is 0.415 e. The van der Waals surface area contributed by atoms with Crippen LogP contribution >= 0.6 is 0 Å². The van der Waals surface area contributed by atoms with Gasteiger partial charge in [0.1, 0.15) is 6.10 Å². The Balaban J connectivity index is 2.55. The molecule has 0 aromatic rings. The molecule has 1 aliphatic heterocycles. The summed E-state index contributed by atoms with van der Waals surface area (Å²) in [6, 6.07) is 1.90. The predicted molar refractivity (Wildman–Crippen MR) is 124 cm³/mol. The molecule has 4 nitrogen and oxygen atoms in total. The molecule has 1 aliphatic rings. The maximum atomic E-state index is 13.5. The lowest BCUT2D eigenvalue weighted by Gasteiger charge is -2.59. The summed E-state index contributed by atoms with van der Waals surface area (Å²) in [5.41, 5.74) is -0.197. The molecular weight excluding hydrogens is 540 g/mol. The van der Waals surface area contributed by atoms with Gasteiger partial charge in [0.15, 0.2) is 14.0 Å². The first-order chi connectivity index (χ1) is 15.5. The summed E-state index contributed by atoms with van der Waals surface area (Å²) in [6.07, 6.45) is -19.6. The highest BCUT2D eigenvalue weighted by molar-refractivity contribution is 7.67. The third kappa shape index (κ3) is 7.50. The van der Waals surface area contributed by atoms with E-state index in [4.69, 9.17) is 9.16 Å². The summed E-state index contributed by atoms with van der Waals surface area (Å²) in [6.45, 7) is 14.3. The van der Waals surface area contributed by atoms with Gasteiger partial charge in [-0.2, -0.15) is 17.6 Å². The van der Waals surface area contributed by atoms with Crippen molar-refractivity contribution in [3.05, 3.63) is 0 Å². The second kappa shape index (κ2) is 11.4. The van der Waals surface area contributed by atoms with Crippen LogP contribution in [0.4, 0.5) is 35.1 Å². The maximum absolute atomic E-state index is 13.5. The van der Waals surface area contributed by atoms with Gasteiger partial charge in [0.25, 0.3) is 6.43 Å². The lowest BCUT2D eigenvalue weighted by molar-refractivity contribution is -0.371. The number of alkyl halides is 8. The van der Waals surface area contributed by atoms with E-state index in [9.17, 15) is 40.2 Å². The molecule has 1 fully saturated rings. The van der Waals surface area contributed by atoms with Crippen molar-refractivity contribution in [2.45, 2.75) is 108 Å². The molecule has 210 valence electrons. The van der Waals surface area contributed by atoms with Crippen molar-refractivity contribution in [3.63, 3.8) is 0 Å². The van der Waals surface area contributed by atoms with Gasteiger partial charge in [-0.05, 0) is 38.9 Å². The average molecular weight is 579 g/mol. The van der Waals surface area contributed by atoms with Crippen LogP contribution in [0.1, 0.15) is 20.3 Å². The van der Waals surface area contributed by atoms with Gasteiger partial charge < -0.3 is 19.0 Å². The highest BCUT2D eigenvalue weighted by Gasteiger charge is 2.67. The molecule has 0 spiro atoms. The molecule has 4 unspecified atom stereocenters. The van der Waals surface area contributed by atoms with Gasteiger partial charge in [-0.25, -0.2) is 17.6 Å². The third-order valence-electron chi connectivity index (χ3n) is 7.35. The summed E-state index contributed by atoms with van der Waals surface area (Å²) in [4.78, 5) is 0. The van der Waals surface area contributed by atoms with Gasteiger partial charge in [0, 0.05) is 19.8 Å². The number of aliphatic hydroxyl groups is 1. The van der Waals surface area contributed by atoms with Crippen LogP contribution in [0, 0.1) is 0 Å². The van der Waals surface area contributed by atoms with Crippen LogP contribution in [0.5, 0.6) is 0 Å². The Morgan fingerprint density at radius 1 is 0.971 bits per heavy atom. The van der Waals surface area contributed by atoms with Gasteiger partial charge in [0.05, 0.1) is 20.3 Å². The molecule has 0 aromatic carbocycles. The molecule has 1 N–H and O–H groups in total. The summed E-state index contributed by atoms with van der Waals surface area (Å²) in [7, 11) is -5.20. The molecule has 0 saturated carbocycles. The zero-order valence-corrected chi connectivity index (χ0v) is 24.2. The Kier molecular flexibility index (Phi) is 10.7. The second-order valence-corrected chi connectivity index (χ2v) is 38.0. The second-order valence-electron chi connectivity index (χ2n) is 11.2. The monoisotopic (exact) mass is 578 g/mol. The van der Waals surface area contributed by atoms with Crippen LogP contribution in [0.3, 0.4) is 0 Å². The van der Waals surface area contributed by atoms with Gasteiger partial charge in [0.2, 0.25) is 6.17 Å². The average Bonchev–Trinajstić information content (AvgIpc) is 2.68. The Hall–Kier alpha value is -0.0694. The normalized spacial score (nSPS) is 27.0. The zero-order chi connectivity index (χ0) is 27.7. The van der Waals surface area contributed by atoms with Crippen molar-refractivity contribution in [3.8, 4) is 0 Å². The molecule has 0 aliphatic carbocycles. The highest BCUT2D eigenvalue weighted by atomic mass is 29.6. The highest BCUT2D eigenvalue weighted by Crippen LogP contribution is 2.46. The van der Waals surface area contributed by atoms with Crippen molar-refractivity contribution in [1.82, 2.24) is 0 Å². The Morgan fingerprint density at radius 2 is 1.51 bits per heavy atom. The van der Waals surface area contributed by atoms with Gasteiger partial charge in [-0.3, -0.25) is 0 Å². The van der Waals surface area contributed by atoms with Crippen molar-refractivity contribution in [2.75, 3.05) is 19.8 Å². The maximum Gasteiger partial charge on any atom is 0.422 e. The van der Waals surface area contributed by atoms with E-state index in [1.807, 2.05) is 0 Å². The van der Waals surface area contributed by atoms with E-state index in [1.165, 1.54) is 0 Å². The van der Waals surface area contributed by atoms with Crippen molar-refractivity contribution < 1.29 is 54.1 Å². The number of rotatable bonds is 13. The first kappa shape index (κ1) is 33.0. The largest absolute Gasteiger partial charge is 0.422 e. The molecule has 0 bridgehead atoms. The molecule has 1 heterocycles. The van der Waals surface area contributed by atoms with E-state index in [2.05, 4.69) is 51.3 Å². The van der Waals surface area contributed by atoms with Crippen LogP contribution in [0.15, 0.2) is 0 Å². The van der Waals surface area contributed by atoms with Gasteiger partial charge in [-0.1, -0.05) is 26.2 Å². The summed E-state index contributed by atoms with van der Waals surface area (Å²) in [5, 5.41) is 9.71. The molecule has 1 saturated heterocycles. The molecule has 15 heteroatoms. The first-order valence-corrected chi connectivity index (χ1v) is 22.3. The summed E-state index contributed by atoms with van der Waals surface area (Å²) in [5.74, 6) is -5.87. The van der Waals surface area contributed by atoms with Crippen LogP contribution in [-0.4, -0.2) is 90.0 Å². The Labute approximate surface area is 204 Å². The van der Waals surface area contributed by atoms with Crippen LogP contribution in [0.25, 0.3) is 0 Å². The van der Waals surface area contributed by atoms with Crippen LogP contribution < -0.4 is 0 Å². The standard InChI is InChI=1S/C20H38F8O4Si3/c1-18(2)13-33(3,4)34(5,6)35(7,32-18)10-8-9-30-11-14(29)12-31-20(27,28)19(25,26)16(22)15(21)17(23)24/h14-17,29H,8-13H2,1-7H3. The molecule has 0 radical (unpaired) electrons. The molecule has 35 heavy (non-hydrogen) atoms. The number of hydrogen-bond donors (Lipinski definition) is 1. The van der Waals surface area contributed by atoms with E-state index in [-0.39, 0.29) is 12.2 Å². The SMILES string of the molecule is CC1(C)C[Si](C)(C)[Si](C)(C)[Si](C)(CCCOCC(O)COC(F)(F)C(F)(F)C(F)C(F)C(F)F)O1. The van der Waals surface area contributed by atoms with E-state index in [0.717, 1.165) is 12.1 Å². The lowest BCUT2D eigenvalue weighted by atomic mass is 10.1. The molecule has 4 atom stereocenters. The predicted octanol–water partition coefficient (Wildman–Crippen LogP) is 5.90. The number of ether oxygens (including phenoxy) is 2. The van der Waals surface area contributed by atoms with Crippen molar-refractivity contribution in [2.24, 2.45) is 0 Å². The number of hydrogen-bond acceptors (Lipinski definition) is 4. The summed E-state index contributed by atoms with van der Waals surface area (Å²) < 4.78 is 120. The molecular formula is C20H38F8O4Si3. The minimum absolute atomic E-state index is 0.160. The molecule has 1 rings (SSSR count). The fraction of sp³-hybridized carbons (Fsp3) is 1.00. The molecule has 0 aromatic heterocycles. The quantitative estimate of drug-likeness (QED) is 0.168. The zero-order valence-electron chi connectivity index (χ0n) is 21.2. The number of halogens is 8. The van der Waals surface area contributed by atoms with Crippen LogP contribution in [-0.2, 0) is 13.9 Å². The lowest BCUT2D eigenvalue weighted by Crippen LogP contribution is -2.78. The van der Waals surface area contributed by atoms with E-state index in [0.29, 0.717) is 6.42 Å². The minimum atomic E-state index is -5.87. The summed E-state index contributed by atoms with van der Waals surface area (Å²) >= 11 is 0. The topological polar surface area (TPSA) is 47.9 Å². The fourth-order valence-corrected chi connectivity index (χ4v) is 38.2. The fourth-order valence-electron chi connectivity index (χ4n) is 4.70. The van der Waals surface area contributed by atoms with Crippen molar-refractivity contribution in [1.29, 1.82) is 0 Å². The molecule has 0 amide bonds. The van der Waals surface area contributed by atoms with Gasteiger partial charge in [-0.15, -0.1) is 0 Å².